The lowest BCUT2D eigenvalue weighted by atomic mass is 9.99. The molecule has 0 aromatic heterocycles. The van der Waals surface area contributed by atoms with Crippen molar-refractivity contribution in [2.75, 3.05) is 23.3 Å². The normalized spacial score (nSPS) is 14.7. The average molecular weight is 422 g/mol. The Morgan fingerprint density at radius 1 is 1.07 bits per heavy atom. The highest BCUT2D eigenvalue weighted by atomic mass is 35.5. The highest BCUT2D eigenvalue weighted by Crippen LogP contribution is 2.24. The first-order valence-electron chi connectivity index (χ1n) is 8.85. The molecule has 27 heavy (non-hydrogen) atoms. The standard InChI is InChI=1S/C20H21Cl2N3OS/c1-13-8-10-25(11-9-13)16-5-3-15(4-6-16)23-20(27)24-19(26)14-2-7-17(21)18(22)12-14/h2-7,12-13H,8-11H2,1H3,(H2,23,24,26,27). The molecular weight excluding hydrogens is 401 g/mol. The van der Waals surface area contributed by atoms with Crippen LogP contribution in [0.1, 0.15) is 30.1 Å². The Balaban J connectivity index is 1.56. The molecule has 1 heterocycles. The number of nitrogens with one attached hydrogen (secondary N) is 2. The molecule has 7 heteroatoms. The molecule has 4 nitrogen and oxygen atoms in total. The van der Waals surface area contributed by atoms with Gasteiger partial charge in [-0.15, -0.1) is 0 Å². The Hall–Kier alpha value is -1.82. The van der Waals surface area contributed by atoms with Gasteiger partial charge in [0.25, 0.3) is 5.91 Å². The summed E-state index contributed by atoms with van der Waals surface area (Å²) >= 11 is 17.0. The SMILES string of the molecule is CC1CCN(c2ccc(NC(=S)NC(=O)c3ccc(Cl)c(Cl)c3)cc2)CC1. The van der Waals surface area contributed by atoms with Crippen molar-refractivity contribution in [2.24, 2.45) is 5.92 Å². The van der Waals surface area contributed by atoms with E-state index in [-0.39, 0.29) is 11.0 Å². The van der Waals surface area contributed by atoms with Gasteiger partial charge in [0.2, 0.25) is 0 Å². The van der Waals surface area contributed by atoms with Gasteiger partial charge in [-0.05, 0) is 73.4 Å². The summed E-state index contributed by atoms with van der Waals surface area (Å²) in [5.74, 6) is 0.462. The zero-order chi connectivity index (χ0) is 19.4. The Bertz CT molecular complexity index is 834. The number of anilines is 2. The predicted octanol–water partition coefficient (Wildman–Crippen LogP) is 5.36. The minimum Gasteiger partial charge on any atom is -0.372 e. The average Bonchev–Trinajstić information content (AvgIpc) is 2.65. The molecule has 1 saturated heterocycles. The summed E-state index contributed by atoms with van der Waals surface area (Å²) in [6, 6.07) is 12.8. The second-order valence-electron chi connectivity index (χ2n) is 6.75. The molecule has 0 atom stereocenters. The summed E-state index contributed by atoms with van der Waals surface area (Å²) in [5, 5.41) is 6.62. The number of amides is 1. The van der Waals surface area contributed by atoms with E-state index >= 15 is 0 Å². The van der Waals surface area contributed by atoms with E-state index in [0.717, 1.165) is 24.7 Å². The van der Waals surface area contributed by atoms with Crippen LogP contribution in [-0.4, -0.2) is 24.1 Å². The molecule has 0 radical (unpaired) electrons. The van der Waals surface area contributed by atoms with Gasteiger partial charge in [0.05, 0.1) is 10.0 Å². The van der Waals surface area contributed by atoms with Gasteiger partial charge in [0.1, 0.15) is 0 Å². The largest absolute Gasteiger partial charge is 0.372 e. The van der Waals surface area contributed by atoms with E-state index in [9.17, 15) is 4.79 Å². The Morgan fingerprint density at radius 3 is 2.37 bits per heavy atom. The van der Waals surface area contributed by atoms with Gasteiger partial charge < -0.3 is 10.2 Å². The first-order chi connectivity index (χ1) is 12.9. The van der Waals surface area contributed by atoms with Crippen LogP contribution in [0.3, 0.4) is 0 Å². The maximum atomic E-state index is 12.2. The van der Waals surface area contributed by atoms with Crippen LogP contribution in [0, 0.1) is 5.92 Å². The molecule has 2 aromatic rings. The molecule has 0 bridgehead atoms. The molecule has 1 amide bonds. The van der Waals surface area contributed by atoms with Gasteiger partial charge in [0, 0.05) is 30.0 Å². The van der Waals surface area contributed by atoms with Crippen LogP contribution in [-0.2, 0) is 0 Å². The van der Waals surface area contributed by atoms with Crippen molar-refractivity contribution in [3.05, 3.63) is 58.1 Å². The molecular formula is C20H21Cl2N3OS. The molecule has 0 aliphatic carbocycles. The quantitative estimate of drug-likeness (QED) is 0.654. The summed E-state index contributed by atoms with van der Waals surface area (Å²) in [6.07, 6.45) is 2.45. The van der Waals surface area contributed by atoms with Crippen LogP contribution in [0.25, 0.3) is 0 Å². The van der Waals surface area contributed by atoms with Gasteiger partial charge in [-0.2, -0.15) is 0 Å². The predicted molar refractivity (Wildman–Crippen MR) is 117 cm³/mol. The van der Waals surface area contributed by atoms with Crippen LogP contribution in [0.4, 0.5) is 11.4 Å². The maximum absolute atomic E-state index is 12.2. The van der Waals surface area contributed by atoms with Crippen LogP contribution < -0.4 is 15.5 Å². The lowest BCUT2D eigenvalue weighted by Gasteiger charge is -2.32. The molecule has 0 unspecified atom stereocenters. The van der Waals surface area contributed by atoms with E-state index in [2.05, 4.69) is 34.6 Å². The van der Waals surface area contributed by atoms with Crippen molar-refractivity contribution in [3.63, 3.8) is 0 Å². The van der Waals surface area contributed by atoms with Gasteiger partial charge in [-0.25, -0.2) is 0 Å². The summed E-state index contributed by atoms with van der Waals surface area (Å²) in [4.78, 5) is 14.6. The topological polar surface area (TPSA) is 44.4 Å². The van der Waals surface area contributed by atoms with Gasteiger partial charge in [0.15, 0.2) is 5.11 Å². The van der Waals surface area contributed by atoms with Crippen LogP contribution >= 0.6 is 35.4 Å². The lowest BCUT2D eigenvalue weighted by Crippen LogP contribution is -2.34. The van der Waals surface area contributed by atoms with Gasteiger partial charge in [-0.1, -0.05) is 30.1 Å². The summed E-state index contributed by atoms with van der Waals surface area (Å²) in [6.45, 7) is 4.48. The van der Waals surface area contributed by atoms with Crippen molar-refractivity contribution in [2.45, 2.75) is 19.8 Å². The number of thiocarbonyl (C=S) groups is 1. The fraction of sp³-hybridized carbons (Fsp3) is 0.300. The van der Waals surface area contributed by atoms with Crippen molar-refractivity contribution in [1.82, 2.24) is 5.32 Å². The first-order valence-corrected chi connectivity index (χ1v) is 10.0. The smallest absolute Gasteiger partial charge is 0.257 e. The summed E-state index contributed by atoms with van der Waals surface area (Å²) in [7, 11) is 0. The maximum Gasteiger partial charge on any atom is 0.257 e. The highest BCUT2D eigenvalue weighted by molar-refractivity contribution is 7.80. The Labute approximate surface area is 174 Å². The van der Waals surface area contributed by atoms with E-state index in [0.29, 0.717) is 15.6 Å². The zero-order valence-electron chi connectivity index (χ0n) is 15.0. The number of rotatable bonds is 3. The number of carbonyl (C=O) groups excluding carboxylic acids is 1. The zero-order valence-corrected chi connectivity index (χ0v) is 17.3. The lowest BCUT2D eigenvalue weighted by molar-refractivity contribution is 0.0977. The van der Waals surface area contributed by atoms with Crippen molar-refractivity contribution >= 4 is 57.8 Å². The Morgan fingerprint density at radius 2 is 1.74 bits per heavy atom. The van der Waals surface area contributed by atoms with E-state index < -0.39 is 0 Å². The van der Waals surface area contributed by atoms with Gasteiger partial charge >= 0.3 is 0 Å². The third-order valence-corrected chi connectivity index (χ3v) is 5.63. The van der Waals surface area contributed by atoms with Crippen molar-refractivity contribution in [3.8, 4) is 0 Å². The number of nitrogens with zero attached hydrogens (tertiary/aromatic N) is 1. The van der Waals surface area contributed by atoms with E-state index in [1.165, 1.54) is 24.6 Å². The fourth-order valence-corrected chi connectivity index (χ4v) is 3.51. The highest BCUT2D eigenvalue weighted by Gasteiger charge is 2.16. The van der Waals surface area contributed by atoms with Crippen molar-refractivity contribution < 1.29 is 4.79 Å². The third kappa shape index (κ3) is 5.34. The second kappa shape index (κ2) is 8.91. The van der Waals surface area contributed by atoms with Gasteiger partial charge in [-0.3, -0.25) is 10.1 Å². The van der Waals surface area contributed by atoms with E-state index in [1.807, 2.05) is 12.1 Å². The second-order valence-corrected chi connectivity index (χ2v) is 7.98. The number of hydrogen-bond acceptors (Lipinski definition) is 3. The van der Waals surface area contributed by atoms with Crippen LogP contribution in [0.15, 0.2) is 42.5 Å². The summed E-state index contributed by atoms with van der Waals surface area (Å²) < 4.78 is 0. The molecule has 142 valence electrons. The van der Waals surface area contributed by atoms with Crippen molar-refractivity contribution in [1.29, 1.82) is 0 Å². The summed E-state index contributed by atoms with van der Waals surface area (Å²) in [5.41, 5.74) is 2.42. The Kier molecular flexibility index (Phi) is 6.58. The molecule has 3 rings (SSSR count). The first kappa shape index (κ1) is 19.9. The molecule has 0 spiro atoms. The number of hydrogen-bond donors (Lipinski definition) is 2. The minimum absolute atomic E-state index is 0.227. The molecule has 1 fully saturated rings. The van der Waals surface area contributed by atoms with E-state index in [1.54, 1.807) is 12.1 Å². The van der Waals surface area contributed by atoms with Crippen LogP contribution in [0.2, 0.25) is 10.0 Å². The number of piperidine rings is 1. The molecule has 1 aliphatic heterocycles. The molecule has 1 aliphatic rings. The number of halogens is 2. The fourth-order valence-electron chi connectivity index (χ4n) is 3.00. The molecule has 2 N–H and O–H groups in total. The number of benzene rings is 2. The minimum atomic E-state index is -0.342. The van der Waals surface area contributed by atoms with Crippen LogP contribution in [0.5, 0.6) is 0 Å². The third-order valence-electron chi connectivity index (χ3n) is 4.68. The van der Waals surface area contributed by atoms with E-state index in [4.69, 9.17) is 35.4 Å². The molecule has 2 aromatic carbocycles. The monoisotopic (exact) mass is 421 g/mol. The number of carbonyl (C=O) groups is 1. The molecule has 0 saturated carbocycles.